The van der Waals surface area contributed by atoms with Crippen molar-refractivity contribution in [3.05, 3.63) is 35.7 Å². The number of hydrogen-bond acceptors (Lipinski definition) is 5. The number of nitrogens with zero attached hydrogens (tertiary/aromatic N) is 4. The molecule has 0 spiro atoms. The molecule has 1 aromatic carbocycles. The predicted octanol–water partition coefficient (Wildman–Crippen LogP) is 4.47. The van der Waals surface area contributed by atoms with Gasteiger partial charge >= 0.3 is 0 Å². The van der Waals surface area contributed by atoms with E-state index in [1.807, 2.05) is 18.2 Å². The van der Waals surface area contributed by atoms with E-state index in [0.29, 0.717) is 6.04 Å². The first kappa shape index (κ1) is 26.8. The minimum Gasteiger partial charge on any atom is -0.496 e. The van der Waals surface area contributed by atoms with E-state index in [1.54, 1.807) is 18.9 Å². The number of rotatable bonds is 11. The van der Waals surface area contributed by atoms with E-state index >= 15 is 0 Å². The van der Waals surface area contributed by atoms with E-state index in [2.05, 4.69) is 44.6 Å². The molecule has 0 atom stereocenters. The molecule has 32 heavy (non-hydrogen) atoms. The molecular weight excluding hydrogens is 535 g/mol. The maximum absolute atomic E-state index is 5.44. The van der Waals surface area contributed by atoms with Gasteiger partial charge in [-0.15, -0.1) is 34.2 Å². The van der Waals surface area contributed by atoms with Gasteiger partial charge in [-0.05, 0) is 50.5 Å². The van der Waals surface area contributed by atoms with E-state index in [4.69, 9.17) is 9.73 Å². The number of guanidine groups is 1. The summed E-state index contributed by atoms with van der Waals surface area (Å²) in [6, 6.07) is 8.72. The first-order valence-corrected chi connectivity index (χ1v) is 12.6. The summed E-state index contributed by atoms with van der Waals surface area (Å²) in [5.41, 5.74) is 1.20. The van der Waals surface area contributed by atoms with Crippen LogP contribution >= 0.6 is 35.7 Å². The zero-order valence-electron chi connectivity index (χ0n) is 19.5. The standard InChI is InChI=1S/C23H36N6OS.HI/c1-4-24-22(26-17-15-18-10-5-8-13-20(18)30-2)25-16-9-14-21-27-28-23(31-3)29(21)19-11-6-7-12-19;/h5,8,10,13,19H,4,6-7,9,11-12,14-17H2,1-3H3,(H2,24,25,26);1H. The van der Waals surface area contributed by atoms with Gasteiger partial charge < -0.3 is 19.9 Å². The Labute approximate surface area is 213 Å². The van der Waals surface area contributed by atoms with Gasteiger partial charge in [0.15, 0.2) is 11.1 Å². The zero-order chi connectivity index (χ0) is 21.9. The summed E-state index contributed by atoms with van der Waals surface area (Å²) in [5.74, 6) is 2.90. The Balaban J connectivity index is 0.00000363. The second-order valence-electron chi connectivity index (χ2n) is 7.76. The Morgan fingerprint density at radius 3 is 2.69 bits per heavy atom. The second-order valence-corrected chi connectivity index (χ2v) is 8.54. The first-order chi connectivity index (χ1) is 15.3. The molecule has 0 saturated heterocycles. The van der Waals surface area contributed by atoms with Gasteiger partial charge in [0.1, 0.15) is 11.6 Å². The molecule has 0 aliphatic heterocycles. The van der Waals surface area contributed by atoms with Crippen molar-refractivity contribution in [1.29, 1.82) is 0 Å². The fourth-order valence-corrected chi connectivity index (χ4v) is 4.71. The van der Waals surface area contributed by atoms with Crippen molar-refractivity contribution in [1.82, 2.24) is 25.4 Å². The number of nitrogens with one attached hydrogen (secondary N) is 2. The molecule has 1 heterocycles. The summed E-state index contributed by atoms with van der Waals surface area (Å²) in [4.78, 5) is 4.76. The van der Waals surface area contributed by atoms with Crippen LogP contribution in [0.2, 0.25) is 0 Å². The minimum atomic E-state index is 0. The third-order valence-corrected chi connectivity index (χ3v) is 6.30. The SMILES string of the molecule is CCNC(=NCCCc1nnc(SC)n1C1CCCC1)NCCc1ccccc1OC.I. The van der Waals surface area contributed by atoms with Crippen molar-refractivity contribution < 1.29 is 4.74 Å². The Kier molecular flexibility index (Phi) is 12.2. The molecule has 2 N–H and O–H groups in total. The topological polar surface area (TPSA) is 76.4 Å². The Bertz CT molecular complexity index is 838. The third-order valence-electron chi connectivity index (χ3n) is 5.66. The van der Waals surface area contributed by atoms with Gasteiger partial charge in [-0.2, -0.15) is 0 Å². The van der Waals surface area contributed by atoms with E-state index in [9.17, 15) is 0 Å². The summed E-state index contributed by atoms with van der Waals surface area (Å²) in [6.07, 6.45) is 9.96. The average molecular weight is 573 g/mol. The normalized spacial score (nSPS) is 14.3. The number of aliphatic imine (C=N–C) groups is 1. The number of aryl methyl sites for hydroxylation is 1. The lowest BCUT2D eigenvalue weighted by molar-refractivity contribution is 0.409. The largest absolute Gasteiger partial charge is 0.496 e. The third kappa shape index (κ3) is 7.54. The fourth-order valence-electron chi connectivity index (χ4n) is 4.14. The van der Waals surface area contributed by atoms with Gasteiger partial charge in [-0.3, -0.25) is 4.99 Å². The van der Waals surface area contributed by atoms with Gasteiger partial charge in [0.2, 0.25) is 0 Å². The number of thioether (sulfide) groups is 1. The monoisotopic (exact) mass is 572 g/mol. The van der Waals surface area contributed by atoms with Gasteiger partial charge in [0, 0.05) is 32.1 Å². The molecular formula is C23H37IN6OS. The number of methoxy groups -OCH3 is 1. The molecule has 1 saturated carbocycles. The predicted molar refractivity (Wildman–Crippen MR) is 144 cm³/mol. The number of para-hydroxylation sites is 1. The zero-order valence-corrected chi connectivity index (χ0v) is 22.6. The van der Waals surface area contributed by atoms with Crippen molar-refractivity contribution in [2.45, 2.75) is 63.1 Å². The summed E-state index contributed by atoms with van der Waals surface area (Å²) >= 11 is 1.70. The Morgan fingerprint density at radius 2 is 1.97 bits per heavy atom. The lowest BCUT2D eigenvalue weighted by atomic mass is 10.1. The van der Waals surface area contributed by atoms with Crippen molar-refractivity contribution in [3.63, 3.8) is 0 Å². The smallest absolute Gasteiger partial charge is 0.191 e. The van der Waals surface area contributed by atoms with Crippen molar-refractivity contribution in [3.8, 4) is 5.75 Å². The molecule has 178 valence electrons. The van der Waals surface area contributed by atoms with Gasteiger partial charge in [0.05, 0.1) is 7.11 Å². The number of ether oxygens (including phenoxy) is 1. The maximum atomic E-state index is 5.44. The van der Waals surface area contributed by atoms with Gasteiger partial charge in [-0.25, -0.2) is 0 Å². The van der Waals surface area contributed by atoms with Crippen LogP contribution in [-0.4, -0.2) is 53.7 Å². The van der Waals surface area contributed by atoms with Crippen LogP contribution in [0.1, 0.15) is 56.5 Å². The Morgan fingerprint density at radius 1 is 1.19 bits per heavy atom. The van der Waals surface area contributed by atoms with Crippen molar-refractivity contribution in [2.75, 3.05) is 33.0 Å². The lowest BCUT2D eigenvalue weighted by Crippen LogP contribution is -2.38. The van der Waals surface area contributed by atoms with Gasteiger partial charge in [-0.1, -0.05) is 42.8 Å². The molecule has 1 aliphatic rings. The fraction of sp³-hybridized carbons (Fsp3) is 0.609. The highest BCUT2D eigenvalue weighted by Crippen LogP contribution is 2.33. The minimum absolute atomic E-state index is 0. The molecule has 0 unspecified atom stereocenters. The summed E-state index contributed by atoms with van der Waals surface area (Å²) in [5, 5.41) is 16.7. The Hall–Kier alpha value is -1.49. The molecule has 1 aliphatic carbocycles. The highest BCUT2D eigenvalue weighted by atomic mass is 127. The molecule has 2 aromatic rings. The summed E-state index contributed by atoms with van der Waals surface area (Å²) in [6.45, 7) is 4.49. The second kappa shape index (κ2) is 14.6. The number of halogens is 1. The number of aromatic nitrogens is 3. The van der Waals surface area contributed by atoms with Gasteiger partial charge in [0.25, 0.3) is 0 Å². The van der Waals surface area contributed by atoms with Crippen LogP contribution in [0.5, 0.6) is 5.75 Å². The average Bonchev–Trinajstić information content (AvgIpc) is 3.46. The van der Waals surface area contributed by atoms with Crippen LogP contribution in [0, 0.1) is 0 Å². The van der Waals surface area contributed by atoms with Crippen LogP contribution < -0.4 is 15.4 Å². The van der Waals surface area contributed by atoms with E-state index < -0.39 is 0 Å². The quantitative estimate of drug-likeness (QED) is 0.136. The van der Waals surface area contributed by atoms with Crippen LogP contribution in [0.25, 0.3) is 0 Å². The van der Waals surface area contributed by atoms with Crippen molar-refractivity contribution in [2.24, 2.45) is 4.99 Å². The molecule has 0 amide bonds. The maximum Gasteiger partial charge on any atom is 0.191 e. The van der Waals surface area contributed by atoms with E-state index in [0.717, 1.165) is 61.6 Å². The van der Waals surface area contributed by atoms with Crippen molar-refractivity contribution >= 4 is 41.7 Å². The molecule has 0 bridgehead atoms. The van der Waals surface area contributed by atoms with Crippen LogP contribution in [0.3, 0.4) is 0 Å². The van der Waals surface area contributed by atoms with Crippen LogP contribution in [0.4, 0.5) is 0 Å². The molecule has 0 radical (unpaired) electrons. The summed E-state index contributed by atoms with van der Waals surface area (Å²) < 4.78 is 7.83. The molecule has 7 nitrogen and oxygen atoms in total. The highest BCUT2D eigenvalue weighted by Gasteiger charge is 2.23. The molecule has 1 fully saturated rings. The molecule has 1 aromatic heterocycles. The number of hydrogen-bond donors (Lipinski definition) is 2. The first-order valence-electron chi connectivity index (χ1n) is 11.4. The van der Waals surface area contributed by atoms with E-state index in [1.165, 1.54) is 31.2 Å². The summed E-state index contributed by atoms with van der Waals surface area (Å²) in [7, 11) is 1.72. The van der Waals surface area contributed by atoms with Crippen LogP contribution in [-0.2, 0) is 12.8 Å². The van der Waals surface area contributed by atoms with Crippen LogP contribution in [0.15, 0.2) is 34.4 Å². The molecule has 9 heteroatoms. The van der Waals surface area contributed by atoms with E-state index in [-0.39, 0.29) is 24.0 Å². The highest BCUT2D eigenvalue weighted by molar-refractivity contribution is 14.0. The number of benzene rings is 1. The lowest BCUT2D eigenvalue weighted by Gasteiger charge is -2.16. The molecule has 3 rings (SSSR count).